The van der Waals surface area contributed by atoms with Gasteiger partial charge in [-0.3, -0.25) is 4.57 Å². The molecule has 1 atom stereocenters. The van der Waals surface area contributed by atoms with Crippen LogP contribution in [0.25, 0.3) is 0 Å². The molecule has 0 saturated heterocycles. The number of hydrogen-bond donors (Lipinski definition) is 1. The van der Waals surface area contributed by atoms with Crippen LogP contribution in [0.3, 0.4) is 0 Å². The van der Waals surface area contributed by atoms with E-state index in [1.54, 1.807) is 12.1 Å². The van der Waals surface area contributed by atoms with Crippen LogP contribution in [-0.2, 0) is 4.57 Å². The zero-order valence-corrected chi connectivity index (χ0v) is 9.02. The summed E-state index contributed by atoms with van der Waals surface area (Å²) in [7, 11) is -1.52. The van der Waals surface area contributed by atoms with Gasteiger partial charge >= 0.3 is 0 Å². The fourth-order valence-electron chi connectivity index (χ4n) is 1.36. The van der Waals surface area contributed by atoms with Crippen LogP contribution in [0.15, 0.2) is 54.6 Å². The normalized spacial score (nSPS) is 11.1. The van der Waals surface area contributed by atoms with E-state index in [0.717, 1.165) is 10.6 Å². The molecule has 0 fully saturated rings. The van der Waals surface area contributed by atoms with Gasteiger partial charge in [0, 0.05) is 16.3 Å². The zero-order valence-electron chi connectivity index (χ0n) is 8.13. The van der Waals surface area contributed by atoms with Crippen LogP contribution in [0, 0.1) is 0 Å². The molecular formula is C12H11NOP. The van der Waals surface area contributed by atoms with Crippen molar-refractivity contribution in [2.45, 2.75) is 0 Å². The molecule has 2 rings (SSSR count). The highest BCUT2D eigenvalue weighted by molar-refractivity contribution is 7.61. The quantitative estimate of drug-likeness (QED) is 0.616. The third-order valence-corrected chi connectivity index (χ3v) is 3.61. The molecule has 0 heterocycles. The lowest BCUT2D eigenvalue weighted by molar-refractivity contribution is 0.598. The highest BCUT2D eigenvalue weighted by Crippen LogP contribution is 2.19. The van der Waals surface area contributed by atoms with Gasteiger partial charge in [0.25, 0.3) is 0 Å². The first-order chi connectivity index (χ1) is 7.27. The Kier molecular flexibility index (Phi) is 2.79. The van der Waals surface area contributed by atoms with Gasteiger partial charge in [-0.05, 0) is 30.3 Å². The van der Waals surface area contributed by atoms with E-state index >= 15 is 0 Å². The molecule has 2 aromatic carbocycles. The molecule has 2 aromatic rings. The Morgan fingerprint density at radius 1 is 0.867 bits per heavy atom. The Labute approximate surface area is 89.5 Å². The van der Waals surface area contributed by atoms with Crippen LogP contribution >= 0.6 is 7.80 Å². The third-order valence-electron chi connectivity index (χ3n) is 2.10. The minimum Gasteiger partial charge on any atom is -0.399 e. The van der Waals surface area contributed by atoms with Crippen LogP contribution in [0.5, 0.6) is 0 Å². The monoisotopic (exact) mass is 216 g/mol. The molecule has 0 amide bonds. The van der Waals surface area contributed by atoms with Gasteiger partial charge in [-0.1, -0.05) is 24.3 Å². The summed E-state index contributed by atoms with van der Waals surface area (Å²) < 4.78 is 12.1. The first kappa shape index (κ1) is 9.88. The summed E-state index contributed by atoms with van der Waals surface area (Å²) >= 11 is 0. The molecule has 2 nitrogen and oxygen atoms in total. The van der Waals surface area contributed by atoms with Crippen molar-refractivity contribution >= 4 is 24.1 Å². The van der Waals surface area contributed by atoms with Crippen molar-refractivity contribution in [1.82, 2.24) is 0 Å². The Morgan fingerprint density at radius 3 is 2.20 bits per heavy atom. The van der Waals surface area contributed by atoms with Gasteiger partial charge < -0.3 is 5.73 Å². The van der Waals surface area contributed by atoms with Crippen LogP contribution < -0.4 is 16.3 Å². The summed E-state index contributed by atoms with van der Waals surface area (Å²) in [5, 5.41) is 1.61. The van der Waals surface area contributed by atoms with E-state index in [-0.39, 0.29) is 0 Å². The predicted octanol–water partition coefficient (Wildman–Crippen LogP) is 2.05. The second-order valence-electron chi connectivity index (χ2n) is 3.22. The van der Waals surface area contributed by atoms with E-state index < -0.39 is 7.80 Å². The largest absolute Gasteiger partial charge is 0.399 e. The van der Waals surface area contributed by atoms with Crippen molar-refractivity contribution in [3.63, 3.8) is 0 Å². The molecule has 1 unspecified atom stereocenters. The van der Waals surface area contributed by atoms with Crippen molar-refractivity contribution in [2.24, 2.45) is 0 Å². The van der Waals surface area contributed by atoms with Crippen LogP contribution in [0.2, 0.25) is 0 Å². The summed E-state index contributed by atoms with van der Waals surface area (Å²) in [5.74, 6) is 0. The molecule has 0 aliphatic carbocycles. The smallest absolute Gasteiger partial charge is 0.136 e. The lowest BCUT2D eigenvalue weighted by Crippen LogP contribution is -2.06. The van der Waals surface area contributed by atoms with E-state index in [1.807, 2.05) is 42.5 Å². The third kappa shape index (κ3) is 2.23. The van der Waals surface area contributed by atoms with Gasteiger partial charge in [0.15, 0.2) is 0 Å². The average molecular weight is 216 g/mol. The molecule has 2 N–H and O–H groups in total. The average Bonchev–Trinajstić information content (AvgIpc) is 2.29. The lowest BCUT2D eigenvalue weighted by Gasteiger charge is -2.01. The second-order valence-corrected chi connectivity index (χ2v) is 4.85. The lowest BCUT2D eigenvalue weighted by atomic mass is 10.3. The van der Waals surface area contributed by atoms with Gasteiger partial charge in [-0.2, -0.15) is 0 Å². The fraction of sp³-hybridized carbons (Fsp3) is 0. The van der Waals surface area contributed by atoms with Gasteiger partial charge in [0.2, 0.25) is 0 Å². The van der Waals surface area contributed by atoms with E-state index in [4.69, 9.17) is 5.73 Å². The maximum Gasteiger partial charge on any atom is 0.136 e. The summed E-state index contributed by atoms with van der Waals surface area (Å²) in [6.07, 6.45) is 0. The van der Waals surface area contributed by atoms with Gasteiger partial charge in [0.1, 0.15) is 7.80 Å². The molecule has 3 heteroatoms. The molecule has 0 aliphatic rings. The Bertz CT molecular complexity index is 482. The van der Waals surface area contributed by atoms with Crippen LogP contribution in [-0.4, -0.2) is 0 Å². The molecule has 0 aliphatic heterocycles. The zero-order chi connectivity index (χ0) is 10.7. The minimum absolute atomic E-state index is 0.645. The number of nitrogens with two attached hydrogens (primary N) is 1. The minimum atomic E-state index is -1.52. The van der Waals surface area contributed by atoms with E-state index in [0.29, 0.717) is 5.69 Å². The predicted molar refractivity (Wildman–Crippen MR) is 64.2 cm³/mol. The molecule has 0 saturated carbocycles. The summed E-state index contributed by atoms with van der Waals surface area (Å²) in [5.41, 5.74) is 6.29. The standard InChI is InChI=1S/C12H11NOP/c13-10-5-4-8-12(9-10)15(14)11-6-2-1-3-7-11/h1-9H,13H2. The van der Waals surface area contributed by atoms with Crippen molar-refractivity contribution in [3.8, 4) is 0 Å². The highest BCUT2D eigenvalue weighted by atomic mass is 31.1. The molecule has 75 valence electrons. The first-order valence-electron chi connectivity index (χ1n) is 4.65. The highest BCUT2D eigenvalue weighted by Gasteiger charge is 2.06. The molecule has 0 aromatic heterocycles. The van der Waals surface area contributed by atoms with Gasteiger partial charge in [-0.15, -0.1) is 0 Å². The van der Waals surface area contributed by atoms with Crippen molar-refractivity contribution in [1.29, 1.82) is 0 Å². The number of anilines is 1. The van der Waals surface area contributed by atoms with E-state index in [1.165, 1.54) is 0 Å². The van der Waals surface area contributed by atoms with Crippen molar-refractivity contribution < 1.29 is 4.57 Å². The Hall–Kier alpha value is -1.66. The SMILES string of the molecule is Nc1cccc([P](=O)c2ccccc2)c1. The molecule has 1 radical (unpaired) electrons. The van der Waals surface area contributed by atoms with Crippen molar-refractivity contribution in [2.75, 3.05) is 5.73 Å². The Balaban J connectivity index is 2.37. The molecule has 15 heavy (non-hydrogen) atoms. The maximum atomic E-state index is 12.1. The van der Waals surface area contributed by atoms with Crippen molar-refractivity contribution in [3.05, 3.63) is 54.6 Å². The summed E-state index contributed by atoms with van der Waals surface area (Å²) in [6, 6.07) is 16.6. The van der Waals surface area contributed by atoms with Gasteiger partial charge in [-0.25, -0.2) is 0 Å². The summed E-state index contributed by atoms with van der Waals surface area (Å²) in [6.45, 7) is 0. The Morgan fingerprint density at radius 2 is 1.53 bits per heavy atom. The van der Waals surface area contributed by atoms with Crippen LogP contribution in [0.1, 0.15) is 0 Å². The van der Waals surface area contributed by atoms with E-state index in [9.17, 15) is 4.57 Å². The second kappa shape index (κ2) is 4.24. The molecule has 0 spiro atoms. The maximum absolute atomic E-state index is 12.1. The number of benzene rings is 2. The number of nitrogen functional groups attached to an aromatic ring is 1. The van der Waals surface area contributed by atoms with Gasteiger partial charge in [0.05, 0.1) is 0 Å². The number of hydrogen-bond acceptors (Lipinski definition) is 2. The fourth-order valence-corrected chi connectivity index (χ4v) is 2.59. The van der Waals surface area contributed by atoms with E-state index in [2.05, 4.69) is 0 Å². The first-order valence-corrected chi connectivity index (χ1v) is 5.91. The number of rotatable bonds is 2. The topological polar surface area (TPSA) is 43.1 Å². The molecular weight excluding hydrogens is 205 g/mol. The summed E-state index contributed by atoms with van der Waals surface area (Å²) in [4.78, 5) is 0. The van der Waals surface area contributed by atoms with Crippen LogP contribution in [0.4, 0.5) is 5.69 Å². The molecule has 0 bridgehead atoms.